The second kappa shape index (κ2) is 73.1. The maximum Gasteiger partial charge on any atom is 0.220 e. The van der Waals surface area contributed by atoms with Gasteiger partial charge < -0.3 is 15.5 Å². The van der Waals surface area contributed by atoms with E-state index in [0.717, 1.165) is 51.4 Å². The molecule has 0 aliphatic carbocycles. The quantitative estimate of drug-likeness (QED) is 0.0420. The van der Waals surface area contributed by atoms with Crippen LogP contribution in [0.25, 0.3) is 0 Å². The third-order valence-corrected chi connectivity index (χ3v) is 17.1. The maximum atomic E-state index is 12.5. The van der Waals surface area contributed by atoms with Crippen LogP contribution in [0.5, 0.6) is 0 Å². The van der Waals surface area contributed by atoms with E-state index in [2.05, 4.69) is 79.9 Å². The van der Waals surface area contributed by atoms with Crippen LogP contribution < -0.4 is 5.32 Å². The number of carbonyl (C=O) groups is 1. The lowest BCUT2D eigenvalue weighted by Gasteiger charge is -2.19. The second-order valence-corrected chi connectivity index (χ2v) is 25.3. The van der Waals surface area contributed by atoms with Crippen LogP contribution in [-0.4, -0.2) is 34.9 Å². The zero-order valence-corrected chi connectivity index (χ0v) is 55.5. The number of aliphatic hydroxyl groups excluding tert-OH is 2. The predicted octanol–water partition coefficient (Wildman–Crippen LogP) is 25.6. The Morgan fingerprint density at radius 3 is 0.793 bits per heavy atom. The smallest absolute Gasteiger partial charge is 0.220 e. The van der Waals surface area contributed by atoms with Crippen molar-refractivity contribution in [2.45, 2.75) is 411 Å². The molecule has 480 valence electrons. The molecule has 4 nitrogen and oxygen atoms in total. The highest BCUT2D eigenvalue weighted by molar-refractivity contribution is 5.76. The van der Waals surface area contributed by atoms with E-state index in [1.807, 2.05) is 6.08 Å². The number of allylic oxidation sites excluding steroid dienone is 11. The molecule has 0 aliphatic heterocycles. The van der Waals surface area contributed by atoms with Crippen molar-refractivity contribution in [2.75, 3.05) is 6.61 Å². The van der Waals surface area contributed by atoms with Crippen LogP contribution in [0.3, 0.4) is 0 Å². The topological polar surface area (TPSA) is 69.6 Å². The first-order chi connectivity index (χ1) is 40.7. The van der Waals surface area contributed by atoms with Crippen molar-refractivity contribution < 1.29 is 15.0 Å². The van der Waals surface area contributed by atoms with Crippen molar-refractivity contribution in [2.24, 2.45) is 0 Å². The van der Waals surface area contributed by atoms with Gasteiger partial charge >= 0.3 is 0 Å². The number of hydrogen-bond acceptors (Lipinski definition) is 3. The summed E-state index contributed by atoms with van der Waals surface area (Å²) in [5.41, 5.74) is 0. The van der Waals surface area contributed by atoms with Crippen molar-refractivity contribution in [3.63, 3.8) is 0 Å². The SMILES string of the molecule is CCCCCCC/C=C\C/C=C\C/C=C\CCCCCCCCCCCCCCCCCCCCCCCCCCCCC(=O)NC(CO)C(O)/C=C/CC/C=C/CC/C=C/CCCCCCCCCCCCCCCCCCCCC. The molecule has 4 heteroatoms. The fourth-order valence-corrected chi connectivity index (χ4v) is 11.5. The van der Waals surface area contributed by atoms with E-state index in [0.29, 0.717) is 6.42 Å². The van der Waals surface area contributed by atoms with Crippen LogP contribution in [0.4, 0.5) is 0 Å². The van der Waals surface area contributed by atoms with Crippen molar-refractivity contribution in [1.29, 1.82) is 0 Å². The summed E-state index contributed by atoms with van der Waals surface area (Å²) in [7, 11) is 0. The number of aliphatic hydroxyl groups is 2. The molecule has 1 amide bonds. The summed E-state index contributed by atoms with van der Waals surface area (Å²) >= 11 is 0. The Morgan fingerprint density at radius 2 is 0.512 bits per heavy atom. The van der Waals surface area contributed by atoms with Gasteiger partial charge in [-0.2, -0.15) is 0 Å². The number of rotatable bonds is 69. The van der Waals surface area contributed by atoms with Gasteiger partial charge in [0.05, 0.1) is 18.8 Å². The summed E-state index contributed by atoms with van der Waals surface area (Å²) in [4.78, 5) is 12.5. The van der Waals surface area contributed by atoms with Crippen LogP contribution in [0, 0.1) is 0 Å². The minimum Gasteiger partial charge on any atom is -0.394 e. The summed E-state index contributed by atoms with van der Waals surface area (Å²) in [6.45, 7) is 4.32. The zero-order valence-electron chi connectivity index (χ0n) is 55.5. The van der Waals surface area contributed by atoms with E-state index in [9.17, 15) is 15.0 Å². The average Bonchev–Trinajstić information content (AvgIpc) is 3.50. The van der Waals surface area contributed by atoms with Crippen LogP contribution >= 0.6 is 0 Å². The van der Waals surface area contributed by atoms with Gasteiger partial charge in [-0.15, -0.1) is 0 Å². The largest absolute Gasteiger partial charge is 0.394 e. The molecule has 0 aromatic rings. The molecule has 3 N–H and O–H groups in total. The van der Waals surface area contributed by atoms with E-state index < -0.39 is 12.1 Å². The average molecular weight is 1150 g/mol. The normalized spacial score (nSPS) is 13.1. The summed E-state index contributed by atoms with van der Waals surface area (Å²) in [5, 5.41) is 23.3. The summed E-state index contributed by atoms with van der Waals surface area (Å²) < 4.78 is 0. The molecule has 0 aliphatic rings. The minimum absolute atomic E-state index is 0.0714. The summed E-state index contributed by atoms with van der Waals surface area (Å²) in [5.74, 6) is -0.0714. The fourth-order valence-electron chi connectivity index (χ4n) is 11.5. The first-order valence-corrected chi connectivity index (χ1v) is 37.2. The zero-order chi connectivity index (χ0) is 59.1. The maximum absolute atomic E-state index is 12.5. The molecule has 0 saturated heterocycles. The second-order valence-electron chi connectivity index (χ2n) is 25.3. The third-order valence-electron chi connectivity index (χ3n) is 17.1. The van der Waals surface area contributed by atoms with Gasteiger partial charge in [-0.3, -0.25) is 4.79 Å². The Kier molecular flexibility index (Phi) is 71.2. The van der Waals surface area contributed by atoms with Crippen molar-refractivity contribution in [3.05, 3.63) is 72.9 Å². The van der Waals surface area contributed by atoms with Crippen LogP contribution in [0.2, 0.25) is 0 Å². The number of carbonyl (C=O) groups excluding carboxylic acids is 1. The Hall–Kier alpha value is -2.17. The van der Waals surface area contributed by atoms with E-state index in [4.69, 9.17) is 0 Å². The molecule has 0 aromatic heterocycles. The van der Waals surface area contributed by atoms with E-state index in [1.165, 1.54) is 327 Å². The van der Waals surface area contributed by atoms with Gasteiger partial charge in [-0.05, 0) is 83.5 Å². The van der Waals surface area contributed by atoms with Gasteiger partial charge in [0, 0.05) is 6.42 Å². The molecule has 82 heavy (non-hydrogen) atoms. The molecule has 0 radical (unpaired) electrons. The fraction of sp³-hybridized carbons (Fsp3) is 0.833. The highest BCUT2D eigenvalue weighted by Crippen LogP contribution is 2.19. The van der Waals surface area contributed by atoms with Crippen molar-refractivity contribution >= 4 is 5.91 Å². The summed E-state index contributed by atoms with van der Waals surface area (Å²) in [6.07, 6.45) is 106. The first kappa shape index (κ1) is 79.8. The first-order valence-electron chi connectivity index (χ1n) is 37.2. The minimum atomic E-state index is -0.873. The lowest BCUT2D eigenvalue weighted by Crippen LogP contribution is -2.45. The van der Waals surface area contributed by atoms with E-state index in [-0.39, 0.29) is 12.5 Å². The van der Waals surface area contributed by atoms with Crippen molar-refractivity contribution in [1.82, 2.24) is 5.32 Å². The van der Waals surface area contributed by atoms with Gasteiger partial charge in [0.25, 0.3) is 0 Å². The number of amides is 1. The highest BCUT2D eigenvalue weighted by atomic mass is 16.3. The summed E-state index contributed by atoms with van der Waals surface area (Å²) in [6, 6.07) is -0.648. The van der Waals surface area contributed by atoms with Crippen LogP contribution in [0.1, 0.15) is 399 Å². The van der Waals surface area contributed by atoms with E-state index >= 15 is 0 Å². The molecular formula is C78H145NO3. The van der Waals surface area contributed by atoms with Gasteiger partial charge in [0.2, 0.25) is 5.91 Å². The van der Waals surface area contributed by atoms with Gasteiger partial charge in [-0.1, -0.05) is 382 Å². The molecule has 2 atom stereocenters. The Bertz CT molecular complexity index is 1390. The Balaban J connectivity index is 3.45. The molecule has 2 unspecified atom stereocenters. The van der Waals surface area contributed by atoms with E-state index in [1.54, 1.807) is 6.08 Å². The van der Waals surface area contributed by atoms with Gasteiger partial charge in [0.1, 0.15) is 0 Å². The Labute approximate surface area is 514 Å². The predicted molar refractivity (Wildman–Crippen MR) is 368 cm³/mol. The highest BCUT2D eigenvalue weighted by Gasteiger charge is 2.18. The van der Waals surface area contributed by atoms with Crippen LogP contribution in [0.15, 0.2) is 72.9 Å². The number of unbranched alkanes of at least 4 members (excludes halogenated alkanes) is 52. The molecule has 0 fully saturated rings. The van der Waals surface area contributed by atoms with Gasteiger partial charge in [-0.25, -0.2) is 0 Å². The Morgan fingerprint density at radius 1 is 0.293 bits per heavy atom. The molecule has 0 aromatic carbocycles. The van der Waals surface area contributed by atoms with Crippen molar-refractivity contribution in [3.8, 4) is 0 Å². The molecule has 0 bridgehead atoms. The third kappa shape index (κ3) is 68.6. The lowest BCUT2D eigenvalue weighted by molar-refractivity contribution is -0.123. The molecular weight excluding hydrogens is 999 g/mol. The molecule has 0 heterocycles. The molecule has 0 saturated carbocycles. The van der Waals surface area contributed by atoms with Gasteiger partial charge in [0.15, 0.2) is 0 Å². The molecule has 0 rings (SSSR count). The lowest BCUT2D eigenvalue weighted by atomic mass is 10.0. The standard InChI is InChI=1S/C78H145NO3/c1-3-5-7-9-11-13-15-17-19-21-23-25-27-29-31-33-34-35-36-37-38-39-40-41-42-43-44-46-48-50-52-54-56-58-60-62-64-66-68-70-72-74-78(82)79-76(75-80)77(81)73-71-69-67-65-63-61-59-57-55-53-51-49-47-45-32-30-28-26-24-22-20-18-16-14-12-10-8-6-4-2/h15,17,21,23,27,29,55,57,63,65,71,73,76-77,80-81H,3-14,16,18-20,22,24-26,28,30-54,56,58-62,64,66-70,72,74-75H2,1-2H3,(H,79,82)/b17-15-,23-21-,29-27-,57-55+,65-63+,73-71+. The monoisotopic (exact) mass is 1140 g/mol. The van der Waals surface area contributed by atoms with Crippen LogP contribution in [-0.2, 0) is 4.79 Å². The molecule has 0 spiro atoms. The number of nitrogens with one attached hydrogen (secondary N) is 1. The number of hydrogen-bond donors (Lipinski definition) is 3.